The number of anilines is 1. The van der Waals surface area contributed by atoms with Crippen LogP contribution in [0, 0.1) is 6.92 Å². The van der Waals surface area contributed by atoms with Crippen molar-refractivity contribution >= 4 is 21.5 Å². The van der Waals surface area contributed by atoms with Gasteiger partial charge >= 0.3 is 0 Å². The highest BCUT2D eigenvalue weighted by molar-refractivity contribution is 7.90. The number of nitrogens with zero attached hydrogens (tertiary/aromatic N) is 1. The van der Waals surface area contributed by atoms with Crippen LogP contribution in [0.1, 0.15) is 11.1 Å². The molecule has 0 heterocycles. The lowest BCUT2D eigenvalue weighted by Gasteiger charge is -2.11. The Hall–Kier alpha value is -2.92. The van der Waals surface area contributed by atoms with E-state index in [1.807, 2.05) is 61.5 Å². The first kappa shape index (κ1) is 16.9. The molecule has 0 bridgehead atoms. The lowest BCUT2D eigenvalue weighted by atomic mass is 10.2. The molecular weight excluding hydrogens is 332 g/mol. The fourth-order valence-electron chi connectivity index (χ4n) is 2.28. The van der Waals surface area contributed by atoms with Gasteiger partial charge in [0.15, 0.2) is 5.84 Å². The first-order valence-electron chi connectivity index (χ1n) is 7.84. The fraction of sp³-hybridized carbons (Fsp3) is 0.0500. The molecule has 0 aliphatic carbocycles. The fourth-order valence-corrected chi connectivity index (χ4v) is 3.28. The second kappa shape index (κ2) is 7.32. The van der Waals surface area contributed by atoms with Gasteiger partial charge in [-0.05, 0) is 31.2 Å². The van der Waals surface area contributed by atoms with Gasteiger partial charge in [0, 0.05) is 11.3 Å². The van der Waals surface area contributed by atoms with Crippen LogP contribution in [0.2, 0.25) is 0 Å². The van der Waals surface area contributed by atoms with Gasteiger partial charge in [0.2, 0.25) is 0 Å². The Morgan fingerprint density at radius 3 is 1.96 bits per heavy atom. The molecule has 0 radical (unpaired) electrons. The van der Waals surface area contributed by atoms with Crippen LogP contribution in [0.15, 0.2) is 94.2 Å². The Labute approximate surface area is 147 Å². The molecule has 0 aromatic heterocycles. The number of amidine groups is 1. The Bertz CT molecular complexity index is 965. The Kier molecular flexibility index (Phi) is 4.95. The molecular formula is C20H18N2O2S. The Morgan fingerprint density at radius 2 is 1.36 bits per heavy atom. The number of sulfonamides is 1. The largest absolute Gasteiger partial charge is 0.339 e. The van der Waals surface area contributed by atoms with Crippen molar-refractivity contribution in [3.63, 3.8) is 0 Å². The standard InChI is InChI=1S/C20H18N2O2S/c1-16-12-14-18(15-13-16)21-20(17-8-4-2-5-9-17)22-25(23,24)19-10-6-3-7-11-19/h2-15H,1H3,(H,21,22). The van der Waals surface area contributed by atoms with Crippen molar-refractivity contribution in [2.45, 2.75) is 11.8 Å². The Morgan fingerprint density at radius 1 is 0.800 bits per heavy atom. The minimum atomic E-state index is -3.81. The maximum absolute atomic E-state index is 12.6. The van der Waals surface area contributed by atoms with E-state index in [1.165, 1.54) is 12.1 Å². The summed E-state index contributed by atoms with van der Waals surface area (Å²) in [6, 6.07) is 25.1. The molecule has 0 atom stereocenters. The van der Waals surface area contributed by atoms with Crippen LogP contribution in [0.5, 0.6) is 0 Å². The normalized spacial score (nSPS) is 12.0. The molecule has 1 N–H and O–H groups in total. The van der Waals surface area contributed by atoms with Crippen molar-refractivity contribution < 1.29 is 8.42 Å². The molecule has 0 saturated heterocycles. The van der Waals surface area contributed by atoms with Crippen LogP contribution < -0.4 is 5.32 Å². The third kappa shape index (κ3) is 4.33. The summed E-state index contributed by atoms with van der Waals surface area (Å²) in [5, 5.41) is 3.12. The van der Waals surface area contributed by atoms with Crippen LogP contribution in [-0.2, 0) is 10.0 Å². The quantitative estimate of drug-likeness (QED) is 0.565. The molecule has 0 aliphatic rings. The van der Waals surface area contributed by atoms with Gasteiger partial charge in [-0.15, -0.1) is 4.40 Å². The van der Waals surface area contributed by atoms with Crippen molar-refractivity contribution in [1.29, 1.82) is 0 Å². The SMILES string of the molecule is Cc1ccc(N/C(=N/S(=O)(=O)c2ccccc2)c2ccccc2)cc1. The monoisotopic (exact) mass is 350 g/mol. The summed E-state index contributed by atoms with van der Waals surface area (Å²) in [6.45, 7) is 2.00. The minimum absolute atomic E-state index is 0.161. The maximum atomic E-state index is 12.6. The summed E-state index contributed by atoms with van der Waals surface area (Å²) < 4.78 is 29.3. The second-order valence-corrected chi connectivity index (χ2v) is 7.19. The van der Waals surface area contributed by atoms with E-state index < -0.39 is 10.0 Å². The molecule has 0 saturated carbocycles. The van der Waals surface area contributed by atoms with Crippen LogP contribution in [0.4, 0.5) is 5.69 Å². The number of hydrogen-bond acceptors (Lipinski definition) is 2. The Balaban J connectivity index is 2.03. The third-order valence-electron chi connectivity index (χ3n) is 3.61. The van der Waals surface area contributed by atoms with Gasteiger partial charge in [-0.1, -0.05) is 66.2 Å². The van der Waals surface area contributed by atoms with E-state index in [1.54, 1.807) is 18.2 Å². The van der Waals surface area contributed by atoms with E-state index in [0.717, 1.165) is 11.3 Å². The number of nitrogens with one attached hydrogen (secondary N) is 1. The smallest absolute Gasteiger partial charge is 0.284 e. The average molecular weight is 350 g/mol. The molecule has 0 amide bonds. The van der Waals surface area contributed by atoms with E-state index >= 15 is 0 Å². The van der Waals surface area contributed by atoms with Crippen LogP contribution in [-0.4, -0.2) is 14.3 Å². The summed E-state index contributed by atoms with van der Waals surface area (Å²) in [5.41, 5.74) is 2.60. The molecule has 25 heavy (non-hydrogen) atoms. The summed E-state index contributed by atoms with van der Waals surface area (Å²) >= 11 is 0. The highest BCUT2D eigenvalue weighted by atomic mass is 32.2. The lowest BCUT2D eigenvalue weighted by molar-refractivity contribution is 0.598. The molecule has 5 heteroatoms. The molecule has 3 rings (SSSR count). The van der Waals surface area contributed by atoms with Crippen LogP contribution in [0.3, 0.4) is 0 Å². The first-order valence-corrected chi connectivity index (χ1v) is 9.28. The summed E-state index contributed by atoms with van der Waals surface area (Å²) in [4.78, 5) is 0.161. The molecule has 126 valence electrons. The second-order valence-electron chi connectivity index (χ2n) is 5.59. The third-order valence-corrected chi connectivity index (χ3v) is 4.90. The van der Waals surface area contributed by atoms with Crippen molar-refractivity contribution in [3.05, 3.63) is 96.1 Å². The highest BCUT2D eigenvalue weighted by Gasteiger charge is 2.15. The van der Waals surface area contributed by atoms with E-state index in [9.17, 15) is 8.42 Å². The number of benzene rings is 3. The minimum Gasteiger partial charge on any atom is -0.339 e. The van der Waals surface area contributed by atoms with E-state index in [4.69, 9.17) is 0 Å². The predicted molar refractivity (Wildman–Crippen MR) is 101 cm³/mol. The van der Waals surface area contributed by atoms with Crippen molar-refractivity contribution in [1.82, 2.24) is 0 Å². The zero-order chi connectivity index (χ0) is 17.7. The molecule has 0 unspecified atom stereocenters. The van der Waals surface area contributed by atoms with Gasteiger partial charge in [0.1, 0.15) is 0 Å². The van der Waals surface area contributed by atoms with Gasteiger partial charge in [0.05, 0.1) is 4.90 Å². The van der Waals surface area contributed by atoms with Crippen molar-refractivity contribution in [2.75, 3.05) is 5.32 Å². The van der Waals surface area contributed by atoms with Crippen molar-refractivity contribution in [3.8, 4) is 0 Å². The molecule has 3 aromatic carbocycles. The van der Waals surface area contributed by atoms with Gasteiger partial charge < -0.3 is 5.32 Å². The summed E-state index contributed by atoms with van der Waals surface area (Å²) in [6.07, 6.45) is 0. The number of aryl methyl sites for hydroxylation is 1. The zero-order valence-corrected chi connectivity index (χ0v) is 14.6. The maximum Gasteiger partial charge on any atom is 0.284 e. The molecule has 0 fully saturated rings. The van der Waals surface area contributed by atoms with Gasteiger partial charge in [0.25, 0.3) is 10.0 Å². The average Bonchev–Trinajstić information content (AvgIpc) is 2.64. The lowest BCUT2D eigenvalue weighted by Crippen LogP contribution is -2.16. The van der Waals surface area contributed by atoms with E-state index in [0.29, 0.717) is 5.56 Å². The van der Waals surface area contributed by atoms with Gasteiger partial charge in [-0.3, -0.25) is 0 Å². The molecule has 4 nitrogen and oxygen atoms in total. The molecule has 3 aromatic rings. The van der Waals surface area contributed by atoms with Crippen LogP contribution >= 0.6 is 0 Å². The van der Waals surface area contributed by atoms with Gasteiger partial charge in [-0.25, -0.2) is 0 Å². The topological polar surface area (TPSA) is 58.5 Å². The van der Waals surface area contributed by atoms with Crippen molar-refractivity contribution in [2.24, 2.45) is 4.40 Å². The first-order chi connectivity index (χ1) is 12.0. The zero-order valence-electron chi connectivity index (χ0n) is 13.8. The van der Waals surface area contributed by atoms with E-state index in [2.05, 4.69) is 9.71 Å². The molecule has 0 spiro atoms. The molecule has 0 aliphatic heterocycles. The number of rotatable bonds is 4. The summed E-state index contributed by atoms with van der Waals surface area (Å²) in [5.74, 6) is 0.285. The van der Waals surface area contributed by atoms with Crippen LogP contribution in [0.25, 0.3) is 0 Å². The number of hydrogen-bond donors (Lipinski definition) is 1. The van der Waals surface area contributed by atoms with Gasteiger partial charge in [-0.2, -0.15) is 8.42 Å². The van der Waals surface area contributed by atoms with E-state index in [-0.39, 0.29) is 10.7 Å². The highest BCUT2D eigenvalue weighted by Crippen LogP contribution is 2.16. The summed E-state index contributed by atoms with van der Waals surface area (Å²) in [7, 11) is -3.81. The predicted octanol–water partition coefficient (Wildman–Crippen LogP) is 4.24.